The largest absolute Gasteiger partial charge is 0.384 e. The second-order valence-electron chi connectivity index (χ2n) is 7.42. The third-order valence-corrected chi connectivity index (χ3v) is 4.62. The first-order chi connectivity index (χ1) is 17.3. The van der Waals surface area contributed by atoms with Crippen molar-refractivity contribution in [3.8, 4) is 0 Å². The van der Waals surface area contributed by atoms with E-state index >= 15 is 0 Å². The fourth-order valence-corrected chi connectivity index (χ4v) is 2.93. The molecule has 0 unspecified atom stereocenters. The van der Waals surface area contributed by atoms with Gasteiger partial charge in [-0.15, -0.1) is 0 Å². The number of nitrogens with one attached hydrogen (secondary N) is 2. The maximum absolute atomic E-state index is 6.10. The highest BCUT2D eigenvalue weighted by atomic mass is 15.2. The number of benzene rings is 1. The van der Waals surface area contributed by atoms with Gasteiger partial charge in [-0.05, 0) is 12.8 Å². The van der Waals surface area contributed by atoms with Gasteiger partial charge in [0.2, 0.25) is 35.7 Å². The number of hydrogen-bond donors (Lipinski definition) is 8. The van der Waals surface area contributed by atoms with Crippen molar-refractivity contribution in [1.29, 1.82) is 0 Å². The summed E-state index contributed by atoms with van der Waals surface area (Å²) in [6.07, 6.45) is 1.40. The van der Waals surface area contributed by atoms with Gasteiger partial charge in [-0.2, -0.15) is 29.9 Å². The van der Waals surface area contributed by atoms with Crippen LogP contribution in [0, 0.1) is 0 Å². The fourth-order valence-electron chi connectivity index (χ4n) is 2.93. The van der Waals surface area contributed by atoms with Crippen molar-refractivity contribution >= 4 is 47.4 Å². The zero-order chi connectivity index (χ0) is 25.9. The Morgan fingerprint density at radius 1 is 0.583 bits per heavy atom. The van der Waals surface area contributed by atoms with Crippen LogP contribution in [0.4, 0.5) is 35.7 Å². The zero-order valence-electron chi connectivity index (χ0n) is 19.6. The Morgan fingerprint density at radius 2 is 0.917 bits per heavy atom. The summed E-state index contributed by atoms with van der Waals surface area (Å²) >= 11 is 0. The Kier molecular flexibility index (Phi) is 8.85. The molecule has 1 aromatic carbocycles. The van der Waals surface area contributed by atoms with E-state index in [1.165, 1.54) is 0 Å². The van der Waals surface area contributed by atoms with Crippen LogP contribution in [0.3, 0.4) is 0 Å². The van der Waals surface area contributed by atoms with Crippen molar-refractivity contribution in [1.82, 2.24) is 29.9 Å². The van der Waals surface area contributed by atoms with Crippen LogP contribution < -0.4 is 45.0 Å². The quantitative estimate of drug-likeness (QED) is 0.0833. The van der Waals surface area contributed by atoms with Gasteiger partial charge in [-0.25, -0.2) is 0 Å². The van der Waals surface area contributed by atoms with Crippen molar-refractivity contribution in [3.63, 3.8) is 0 Å². The van der Waals surface area contributed by atoms with Crippen molar-refractivity contribution in [3.05, 3.63) is 35.4 Å². The summed E-state index contributed by atoms with van der Waals surface area (Å²) in [6, 6.07) is 7.40. The highest BCUT2D eigenvalue weighted by molar-refractivity contribution is 6.00. The number of nitrogens with zero attached hydrogens (tertiary/aromatic N) is 8. The van der Waals surface area contributed by atoms with E-state index in [4.69, 9.17) is 34.4 Å². The van der Waals surface area contributed by atoms with E-state index in [2.05, 4.69) is 50.5 Å². The van der Waals surface area contributed by atoms with Crippen molar-refractivity contribution < 1.29 is 0 Å². The van der Waals surface area contributed by atoms with Crippen LogP contribution in [-0.2, 0) is 0 Å². The highest BCUT2D eigenvalue weighted by Gasteiger charge is 2.04. The Hall–Kier alpha value is -5.02. The van der Waals surface area contributed by atoms with Crippen LogP contribution in [0.1, 0.15) is 24.0 Å². The second-order valence-corrected chi connectivity index (χ2v) is 7.42. The van der Waals surface area contributed by atoms with E-state index in [1.807, 2.05) is 24.3 Å². The maximum Gasteiger partial charge on any atom is 0.229 e. The topological polar surface area (TPSA) is 282 Å². The van der Waals surface area contributed by atoms with E-state index in [-0.39, 0.29) is 23.8 Å². The molecule has 0 aliphatic carbocycles. The fraction of sp³-hybridized carbons (Fsp3) is 0.300. The number of aliphatic imine (C=N–C) groups is 2. The van der Waals surface area contributed by atoms with Gasteiger partial charge in [-0.1, -0.05) is 24.3 Å². The molecule has 2 heterocycles. The molecular formula is C20H30N16. The summed E-state index contributed by atoms with van der Waals surface area (Å²) in [5.74, 6) is 1.74. The third-order valence-electron chi connectivity index (χ3n) is 4.62. The monoisotopic (exact) mass is 494 g/mol. The molecule has 0 aliphatic heterocycles. The Morgan fingerprint density at radius 3 is 1.25 bits per heavy atom. The average molecular weight is 495 g/mol. The van der Waals surface area contributed by atoms with Gasteiger partial charge < -0.3 is 45.0 Å². The van der Waals surface area contributed by atoms with E-state index < -0.39 is 0 Å². The second kappa shape index (κ2) is 12.4. The number of hydrogen-bond acceptors (Lipinski definition) is 14. The van der Waals surface area contributed by atoms with Crippen molar-refractivity contribution in [2.45, 2.75) is 12.8 Å². The summed E-state index contributed by atoms with van der Waals surface area (Å²) in [5, 5.41) is 6.03. The summed E-state index contributed by atoms with van der Waals surface area (Å²) in [7, 11) is 0. The van der Waals surface area contributed by atoms with Gasteiger partial charge in [-0.3, -0.25) is 9.98 Å². The molecule has 14 N–H and O–H groups in total. The molecule has 0 fully saturated rings. The Labute approximate surface area is 207 Å². The lowest BCUT2D eigenvalue weighted by Gasteiger charge is -2.06. The number of anilines is 6. The van der Waals surface area contributed by atoms with E-state index in [0.29, 0.717) is 62.6 Å². The first-order valence-corrected chi connectivity index (χ1v) is 11.0. The smallest absolute Gasteiger partial charge is 0.229 e. The first kappa shape index (κ1) is 25.6. The third kappa shape index (κ3) is 8.08. The normalized spacial score (nSPS) is 11.9. The van der Waals surface area contributed by atoms with Crippen molar-refractivity contribution in [2.24, 2.45) is 21.5 Å². The molecule has 0 spiro atoms. The summed E-state index contributed by atoms with van der Waals surface area (Å²) in [6.45, 7) is 2.16. The molecule has 0 bridgehead atoms. The minimum atomic E-state index is 0.0616. The summed E-state index contributed by atoms with van der Waals surface area (Å²) in [5.41, 5.74) is 35.9. The van der Waals surface area contributed by atoms with Gasteiger partial charge >= 0.3 is 0 Å². The van der Waals surface area contributed by atoms with E-state index in [0.717, 1.165) is 11.1 Å². The lowest BCUT2D eigenvalue weighted by molar-refractivity contribution is 0.861. The standard InChI is InChI=1S/C20H30N16/c21-13(27-7-1-9-29-19-33-15(23)31-16(24)34-19)11-3-5-12(6-4-11)14(22)28-8-2-10-30-20-35-17(25)32-18(26)36-20/h3-6H,1-2,7-10H2,(H2,21,27)(H2,22,28)(H5,23,24,29,31,33,34)(H5,25,26,30,32,35,36). The molecule has 2 aromatic heterocycles. The molecule has 0 amide bonds. The molecule has 36 heavy (non-hydrogen) atoms. The number of amidine groups is 2. The molecular weight excluding hydrogens is 464 g/mol. The number of rotatable bonds is 12. The Bertz CT molecular complexity index is 1070. The lowest BCUT2D eigenvalue weighted by Crippen LogP contribution is -2.17. The van der Waals surface area contributed by atoms with Crippen molar-refractivity contribution in [2.75, 3.05) is 59.7 Å². The van der Waals surface area contributed by atoms with Gasteiger partial charge in [0.15, 0.2) is 0 Å². The number of aromatic nitrogens is 6. The molecule has 3 rings (SSSR count). The molecule has 0 saturated carbocycles. The predicted molar refractivity (Wildman–Crippen MR) is 141 cm³/mol. The van der Waals surface area contributed by atoms with Gasteiger partial charge in [0.05, 0.1) is 0 Å². The van der Waals surface area contributed by atoms with Crippen LogP contribution >= 0.6 is 0 Å². The molecule has 0 radical (unpaired) electrons. The molecule has 0 aliphatic rings. The summed E-state index contributed by atoms with van der Waals surface area (Å²) < 4.78 is 0. The van der Waals surface area contributed by atoms with Crippen LogP contribution in [0.25, 0.3) is 0 Å². The molecule has 3 aromatic rings. The van der Waals surface area contributed by atoms with Gasteiger partial charge in [0.1, 0.15) is 11.7 Å². The maximum atomic E-state index is 6.10. The van der Waals surface area contributed by atoms with Crippen LogP contribution in [0.2, 0.25) is 0 Å². The minimum Gasteiger partial charge on any atom is -0.384 e. The van der Waals surface area contributed by atoms with Gasteiger partial charge in [0, 0.05) is 37.3 Å². The molecule has 190 valence electrons. The van der Waals surface area contributed by atoms with Crippen LogP contribution in [-0.4, -0.2) is 67.8 Å². The Balaban J connectivity index is 1.40. The van der Waals surface area contributed by atoms with E-state index in [1.54, 1.807) is 0 Å². The van der Waals surface area contributed by atoms with Gasteiger partial charge in [0.25, 0.3) is 0 Å². The van der Waals surface area contributed by atoms with Crippen LogP contribution in [0.15, 0.2) is 34.3 Å². The number of nitrogen functional groups attached to an aromatic ring is 4. The first-order valence-electron chi connectivity index (χ1n) is 11.0. The average Bonchev–Trinajstić information content (AvgIpc) is 2.82. The summed E-state index contributed by atoms with van der Waals surface area (Å²) in [4.78, 5) is 32.0. The molecule has 16 nitrogen and oxygen atoms in total. The highest BCUT2D eigenvalue weighted by Crippen LogP contribution is 2.07. The SMILES string of the molecule is NC(=NCCCNc1nc(N)nc(N)n1)c1ccc(C(N)=NCCCNc2nc(N)nc(N)n2)cc1. The number of nitrogens with two attached hydrogens (primary N) is 6. The van der Waals surface area contributed by atoms with E-state index in [9.17, 15) is 0 Å². The molecule has 16 heteroatoms. The van der Waals surface area contributed by atoms with Crippen LogP contribution in [0.5, 0.6) is 0 Å². The predicted octanol–water partition coefficient (Wildman–Crippen LogP) is -1.20. The zero-order valence-corrected chi connectivity index (χ0v) is 19.6. The lowest BCUT2D eigenvalue weighted by atomic mass is 10.1. The molecule has 0 atom stereocenters. The molecule has 0 saturated heterocycles. The minimum absolute atomic E-state index is 0.0616.